The van der Waals surface area contributed by atoms with Crippen molar-refractivity contribution in [1.29, 1.82) is 0 Å². The Kier molecular flexibility index (Phi) is 2.76. The van der Waals surface area contributed by atoms with Gasteiger partial charge < -0.3 is 10.4 Å². The number of nitrogens with one attached hydrogen (secondary N) is 1. The van der Waals surface area contributed by atoms with E-state index in [0.717, 1.165) is 31.0 Å². The molecule has 5 heteroatoms. The normalized spacial score (nSPS) is 16.9. The van der Waals surface area contributed by atoms with Crippen LogP contribution in [0.4, 0.5) is 4.39 Å². The minimum absolute atomic E-state index is 0.0589. The average molecular weight is 244 g/mol. The first-order valence-corrected chi connectivity index (χ1v) is 5.47. The number of phenolic OH excluding ortho intramolecular Hbond substituents is 1. The number of hydrogen-bond acceptors (Lipinski definition) is 2. The number of rotatable bonds is 3. The molecule has 16 heavy (non-hydrogen) atoms. The lowest BCUT2D eigenvalue weighted by Crippen LogP contribution is -2.38. The highest BCUT2D eigenvalue weighted by Gasteiger charge is 2.43. The third kappa shape index (κ3) is 2.11. The van der Waals surface area contributed by atoms with Crippen LogP contribution in [0.25, 0.3) is 0 Å². The van der Waals surface area contributed by atoms with Crippen molar-refractivity contribution in [2.45, 2.75) is 18.4 Å². The van der Waals surface area contributed by atoms with Gasteiger partial charge in [-0.3, -0.25) is 4.79 Å². The molecule has 2 N–H and O–H groups in total. The Bertz CT molecular complexity index is 432. The summed E-state index contributed by atoms with van der Waals surface area (Å²) in [6, 6.07) is 3.26. The van der Waals surface area contributed by atoms with Crippen LogP contribution in [0.1, 0.15) is 23.2 Å². The molecule has 1 aromatic carbocycles. The predicted molar refractivity (Wildman–Crippen MR) is 58.2 cm³/mol. The first kappa shape index (κ1) is 11.2. The van der Waals surface area contributed by atoms with E-state index in [1.807, 2.05) is 0 Å². The molecule has 0 aromatic heterocycles. The Labute approximate surface area is 97.2 Å². The summed E-state index contributed by atoms with van der Waals surface area (Å²) in [4.78, 5) is 11.7. The molecule has 0 spiro atoms. The molecule has 0 aliphatic heterocycles. The number of halogens is 2. The molecule has 1 fully saturated rings. The molecule has 1 aliphatic carbocycles. The standard InChI is InChI=1S/C11H11ClFNO2/c12-6-11(3-4-11)14-10(16)8-5-7(13)1-2-9(8)15/h1-2,5,15H,3-4,6H2,(H,14,16). The second-order valence-corrected chi connectivity index (χ2v) is 4.30. The lowest BCUT2D eigenvalue weighted by atomic mass is 10.1. The van der Waals surface area contributed by atoms with Gasteiger partial charge in [-0.2, -0.15) is 0 Å². The minimum atomic E-state index is -0.557. The molecule has 0 bridgehead atoms. The fourth-order valence-electron chi connectivity index (χ4n) is 1.44. The van der Waals surface area contributed by atoms with Gasteiger partial charge in [0.15, 0.2) is 0 Å². The average Bonchev–Trinajstić information content (AvgIpc) is 3.02. The molecule has 1 aromatic rings. The van der Waals surface area contributed by atoms with Crippen LogP contribution in [0, 0.1) is 5.82 Å². The van der Waals surface area contributed by atoms with E-state index in [1.165, 1.54) is 0 Å². The molecule has 1 amide bonds. The molecule has 86 valence electrons. The molecule has 0 heterocycles. The number of alkyl halides is 1. The molecule has 3 nitrogen and oxygen atoms in total. The lowest BCUT2D eigenvalue weighted by molar-refractivity contribution is 0.0933. The number of carbonyl (C=O) groups is 1. The predicted octanol–water partition coefficient (Wildman–Crippen LogP) is 2.03. The van der Waals surface area contributed by atoms with Crippen LogP contribution in [0.15, 0.2) is 18.2 Å². The van der Waals surface area contributed by atoms with Gasteiger partial charge in [0, 0.05) is 5.88 Å². The number of hydrogen-bond donors (Lipinski definition) is 2. The highest BCUT2D eigenvalue weighted by Crippen LogP contribution is 2.37. The summed E-state index contributed by atoms with van der Waals surface area (Å²) in [6.45, 7) is 0. The Morgan fingerprint density at radius 2 is 2.25 bits per heavy atom. The van der Waals surface area contributed by atoms with Gasteiger partial charge in [0.05, 0.1) is 11.1 Å². The molecule has 0 atom stereocenters. The maximum absolute atomic E-state index is 12.9. The summed E-state index contributed by atoms with van der Waals surface area (Å²) in [7, 11) is 0. The van der Waals surface area contributed by atoms with Crippen LogP contribution in [-0.2, 0) is 0 Å². The van der Waals surface area contributed by atoms with E-state index >= 15 is 0 Å². The quantitative estimate of drug-likeness (QED) is 0.798. The third-order valence-corrected chi connectivity index (χ3v) is 3.20. The van der Waals surface area contributed by atoms with Crippen molar-refractivity contribution >= 4 is 17.5 Å². The van der Waals surface area contributed by atoms with Crippen LogP contribution in [0.2, 0.25) is 0 Å². The van der Waals surface area contributed by atoms with Crippen molar-refractivity contribution in [2.75, 3.05) is 5.88 Å². The molecular formula is C11H11ClFNO2. The molecule has 1 saturated carbocycles. The Hall–Kier alpha value is -1.29. The highest BCUT2D eigenvalue weighted by molar-refractivity contribution is 6.19. The lowest BCUT2D eigenvalue weighted by Gasteiger charge is -2.14. The van der Waals surface area contributed by atoms with Crippen molar-refractivity contribution in [3.8, 4) is 5.75 Å². The van der Waals surface area contributed by atoms with Gasteiger partial charge in [0.2, 0.25) is 0 Å². The van der Waals surface area contributed by atoms with Crippen molar-refractivity contribution in [3.63, 3.8) is 0 Å². The van der Waals surface area contributed by atoms with Gasteiger partial charge in [-0.25, -0.2) is 4.39 Å². The topological polar surface area (TPSA) is 49.3 Å². The number of amides is 1. The fourth-order valence-corrected chi connectivity index (χ4v) is 1.78. The SMILES string of the molecule is O=C(NC1(CCl)CC1)c1cc(F)ccc1O. The summed E-state index contributed by atoms with van der Waals surface area (Å²) in [5.74, 6) is -0.951. The van der Waals surface area contributed by atoms with Crippen LogP contribution in [-0.4, -0.2) is 22.4 Å². The molecular weight excluding hydrogens is 233 g/mol. The maximum Gasteiger partial charge on any atom is 0.255 e. The first-order chi connectivity index (χ1) is 7.56. The van der Waals surface area contributed by atoms with Gasteiger partial charge in [-0.05, 0) is 31.0 Å². The number of benzene rings is 1. The zero-order valence-corrected chi connectivity index (χ0v) is 9.22. The summed E-state index contributed by atoms with van der Waals surface area (Å²) < 4.78 is 12.9. The van der Waals surface area contributed by atoms with Gasteiger partial charge in [-0.15, -0.1) is 11.6 Å². The monoisotopic (exact) mass is 243 g/mol. The van der Waals surface area contributed by atoms with E-state index in [2.05, 4.69) is 5.32 Å². The van der Waals surface area contributed by atoms with Crippen LogP contribution >= 0.6 is 11.6 Å². The second kappa shape index (κ2) is 3.94. The zero-order valence-electron chi connectivity index (χ0n) is 8.46. The van der Waals surface area contributed by atoms with E-state index < -0.39 is 11.7 Å². The zero-order chi connectivity index (χ0) is 11.8. The Morgan fingerprint density at radius 3 is 2.81 bits per heavy atom. The van der Waals surface area contributed by atoms with E-state index in [4.69, 9.17) is 11.6 Å². The Balaban J connectivity index is 2.17. The number of carbonyl (C=O) groups excluding carboxylic acids is 1. The van der Waals surface area contributed by atoms with E-state index in [9.17, 15) is 14.3 Å². The van der Waals surface area contributed by atoms with Gasteiger partial charge >= 0.3 is 0 Å². The Morgan fingerprint density at radius 1 is 1.56 bits per heavy atom. The van der Waals surface area contributed by atoms with E-state index in [1.54, 1.807) is 0 Å². The first-order valence-electron chi connectivity index (χ1n) is 4.93. The van der Waals surface area contributed by atoms with Crippen molar-refractivity contribution < 1.29 is 14.3 Å². The van der Waals surface area contributed by atoms with E-state index in [-0.39, 0.29) is 16.9 Å². The van der Waals surface area contributed by atoms with Gasteiger partial charge in [0.25, 0.3) is 5.91 Å². The second-order valence-electron chi connectivity index (χ2n) is 4.03. The van der Waals surface area contributed by atoms with Gasteiger partial charge in [-0.1, -0.05) is 0 Å². The summed E-state index contributed by atoms with van der Waals surface area (Å²) in [6.07, 6.45) is 1.64. The van der Waals surface area contributed by atoms with E-state index in [0.29, 0.717) is 5.88 Å². The number of aromatic hydroxyl groups is 1. The molecule has 0 radical (unpaired) electrons. The molecule has 0 saturated heterocycles. The summed E-state index contributed by atoms with van der Waals surface area (Å²) in [5, 5.41) is 12.1. The van der Waals surface area contributed by atoms with Crippen molar-refractivity contribution in [3.05, 3.63) is 29.6 Å². The van der Waals surface area contributed by atoms with Crippen LogP contribution in [0.3, 0.4) is 0 Å². The largest absolute Gasteiger partial charge is 0.507 e. The number of phenols is 1. The molecule has 2 rings (SSSR count). The van der Waals surface area contributed by atoms with Crippen LogP contribution in [0.5, 0.6) is 5.75 Å². The molecule has 1 aliphatic rings. The van der Waals surface area contributed by atoms with Gasteiger partial charge in [0.1, 0.15) is 11.6 Å². The smallest absolute Gasteiger partial charge is 0.255 e. The maximum atomic E-state index is 12.9. The summed E-state index contributed by atoms with van der Waals surface area (Å²) >= 11 is 5.71. The minimum Gasteiger partial charge on any atom is -0.507 e. The van der Waals surface area contributed by atoms with Crippen LogP contribution < -0.4 is 5.32 Å². The van der Waals surface area contributed by atoms with Crippen molar-refractivity contribution in [2.24, 2.45) is 0 Å². The highest BCUT2D eigenvalue weighted by atomic mass is 35.5. The molecule has 0 unspecified atom stereocenters. The third-order valence-electron chi connectivity index (χ3n) is 2.69. The summed E-state index contributed by atoms with van der Waals surface area (Å²) in [5.41, 5.74) is -0.423. The van der Waals surface area contributed by atoms with Crippen molar-refractivity contribution in [1.82, 2.24) is 5.32 Å². The fraction of sp³-hybridized carbons (Fsp3) is 0.364.